The highest BCUT2D eigenvalue weighted by Gasteiger charge is 2.40. The van der Waals surface area contributed by atoms with Gasteiger partial charge in [0.25, 0.3) is 0 Å². The molecule has 202 valence electrons. The molecular formula is C33H34O6. The Morgan fingerprint density at radius 3 is 1.46 bits per heavy atom. The predicted molar refractivity (Wildman–Crippen MR) is 150 cm³/mol. The van der Waals surface area contributed by atoms with Crippen LogP contribution in [0.15, 0.2) is 98.1 Å². The van der Waals surface area contributed by atoms with Crippen LogP contribution in [0.5, 0.6) is 11.5 Å². The summed E-state index contributed by atoms with van der Waals surface area (Å²) in [5.74, 6) is 0.486. The van der Waals surface area contributed by atoms with Crippen molar-refractivity contribution in [2.45, 2.75) is 44.3 Å². The third-order valence-corrected chi connectivity index (χ3v) is 6.85. The van der Waals surface area contributed by atoms with Crippen LogP contribution in [0.4, 0.5) is 0 Å². The standard InChI is InChI=1S/C33H34O6/c1-5-31(34)38-23(3)21-36-29-15-11-27(12-16-29)33(19-25-9-7-8-10-26(25)20-33)28-13-17-30(18-14-28)37-22-24(4)39-32(35)6-2/h5-18,23-24H,1-2,19-22H2,3-4H3. The molecule has 0 bridgehead atoms. The zero-order chi connectivity index (χ0) is 27.8. The second kappa shape index (κ2) is 12.5. The van der Waals surface area contributed by atoms with Crippen molar-refractivity contribution in [3.8, 4) is 11.5 Å². The van der Waals surface area contributed by atoms with Gasteiger partial charge in [0.1, 0.15) is 36.9 Å². The first-order valence-electron chi connectivity index (χ1n) is 13.0. The van der Waals surface area contributed by atoms with Gasteiger partial charge in [0.2, 0.25) is 0 Å². The predicted octanol–water partition coefficient (Wildman–Crippen LogP) is 5.76. The highest BCUT2D eigenvalue weighted by atomic mass is 16.6. The molecule has 3 aromatic rings. The lowest BCUT2D eigenvalue weighted by Crippen LogP contribution is -2.28. The fourth-order valence-electron chi connectivity index (χ4n) is 4.92. The molecule has 39 heavy (non-hydrogen) atoms. The van der Waals surface area contributed by atoms with Crippen LogP contribution >= 0.6 is 0 Å². The maximum absolute atomic E-state index is 11.4. The van der Waals surface area contributed by atoms with Crippen LogP contribution in [0.3, 0.4) is 0 Å². The molecule has 2 atom stereocenters. The van der Waals surface area contributed by atoms with E-state index in [1.54, 1.807) is 13.8 Å². The van der Waals surface area contributed by atoms with Crippen molar-refractivity contribution >= 4 is 11.9 Å². The molecular weight excluding hydrogens is 492 g/mol. The third-order valence-electron chi connectivity index (χ3n) is 6.85. The highest BCUT2D eigenvalue weighted by Crippen LogP contribution is 2.45. The summed E-state index contributed by atoms with van der Waals surface area (Å²) in [6.07, 6.45) is 3.28. The van der Waals surface area contributed by atoms with Gasteiger partial charge in [-0.15, -0.1) is 0 Å². The number of hydrogen-bond donors (Lipinski definition) is 0. The van der Waals surface area contributed by atoms with Crippen LogP contribution in [-0.4, -0.2) is 37.4 Å². The average molecular weight is 527 g/mol. The van der Waals surface area contributed by atoms with Gasteiger partial charge in [-0.25, -0.2) is 9.59 Å². The topological polar surface area (TPSA) is 71.1 Å². The molecule has 2 unspecified atom stereocenters. The fourth-order valence-corrected chi connectivity index (χ4v) is 4.92. The van der Waals surface area contributed by atoms with E-state index in [4.69, 9.17) is 18.9 Å². The normalized spacial score (nSPS) is 14.8. The van der Waals surface area contributed by atoms with Gasteiger partial charge in [0.15, 0.2) is 0 Å². The molecule has 0 spiro atoms. The minimum absolute atomic E-state index is 0.236. The van der Waals surface area contributed by atoms with Crippen LogP contribution in [-0.2, 0) is 37.3 Å². The summed E-state index contributed by atoms with van der Waals surface area (Å²) in [5.41, 5.74) is 4.83. The summed E-state index contributed by atoms with van der Waals surface area (Å²) in [4.78, 5) is 22.8. The maximum atomic E-state index is 11.4. The summed E-state index contributed by atoms with van der Waals surface area (Å²) in [6, 6.07) is 24.9. The smallest absolute Gasteiger partial charge is 0.330 e. The Morgan fingerprint density at radius 1 is 0.718 bits per heavy atom. The molecule has 6 heteroatoms. The van der Waals surface area contributed by atoms with E-state index in [0.717, 1.165) is 25.0 Å². The Balaban J connectivity index is 1.51. The number of carbonyl (C=O) groups is 2. The number of rotatable bonds is 12. The number of ether oxygens (including phenoxy) is 4. The molecule has 0 aromatic heterocycles. The van der Waals surface area contributed by atoms with Crippen molar-refractivity contribution in [3.63, 3.8) is 0 Å². The van der Waals surface area contributed by atoms with Gasteiger partial charge in [-0.2, -0.15) is 0 Å². The summed E-state index contributed by atoms with van der Waals surface area (Å²) >= 11 is 0. The molecule has 0 fully saturated rings. The maximum Gasteiger partial charge on any atom is 0.330 e. The van der Waals surface area contributed by atoms with E-state index >= 15 is 0 Å². The zero-order valence-electron chi connectivity index (χ0n) is 22.4. The van der Waals surface area contributed by atoms with Gasteiger partial charge in [0, 0.05) is 17.6 Å². The molecule has 3 aromatic carbocycles. The molecule has 0 heterocycles. The van der Waals surface area contributed by atoms with Crippen LogP contribution in [0.25, 0.3) is 0 Å². The monoisotopic (exact) mass is 526 g/mol. The summed E-state index contributed by atoms with van der Waals surface area (Å²) in [5, 5.41) is 0. The first kappa shape index (κ1) is 27.7. The molecule has 0 N–H and O–H groups in total. The van der Waals surface area contributed by atoms with Crippen LogP contribution in [0, 0.1) is 0 Å². The number of carbonyl (C=O) groups excluding carboxylic acids is 2. The second-order valence-corrected chi connectivity index (χ2v) is 9.78. The van der Waals surface area contributed by atoms with E-state index in [2.05, 4.69) is 61.7 Å². The van der Waals surface area contributed by atoms with Crippen LogP contribution in [0.2, 0.25) is 0 Å². The second-order valence-electron chi connectivity index (χ2n) is 9.78. The number of hydrogen-bond acceptors (Lipinski definition) is 6. The SMILES string of the molecule is C=CC(=O)OC(C)COc1ccc(C2(c3ccc(OCC(C)OC(=O)C=C)cc3)Cc3ccccc3C2)cc1. The molecule has 6 nitrogen and oxygen atoms in total. The van der Waals surface area contributed by atoms with Crippen molar-refractivity contribution in [2.24, 2.45) is 0 Å². The van der Waals surface area contributed by atoms with Crippen LogP contribution in [0.1, 0.15) is 36.1 Å². The molecule has 0 radical (unpaired) electrons. The van der Waals surface area contributed by atoms with Gasteiger partial charge in [-0.1, -0.05) is 61.7 Å². The van der Waals surface area contributed by atoms with E-state index in [1.807, 2.05) is 24.3 Å². The molecule has 4 rings (SSSR count). The summed E-state index contributed by atoms with van der Waals surface area (Å²) in [6.45, 7) is 10.9. The Hall–Kier alpha value is -4.32. The largest absolute Gasteiger partial charge is 0.490 e. The first-order chi connectivity index (χ1) is 18.8. The van der Waals surface area contributed by atoms with Crippen molar-refractivity contribution in [1.82, 2.24) is 0 Å². The Labute approximate surface area is 229 Å². The summed E-state index contributed by atoms with van der Waals surface area (Å²) < 4.78 is 22.1. The van der Waals surface area contributed by atoms with E-state index in [0.29, 0.717) is 11.5 Å². The average Bonchev–Trinajstić information content (AvgIpc) is 3.36. The lowest BCUT2D eigenvalue weighted by Gasteiger charge is -2.31. The lowest BCUT2D eigenvalue weighted by molar-refractivity contribution is -0.144. The zero-order valence-corrected chi connectivity index (χ0v) is 22.4. The van der Waals surface area contributed by atoms with Gasteiger partial charge in [0.05, 0.1) is 0 Å². The van der Waals surface area contributed by atoms with E-state index < -0.39 is 11.9 Å². The van der Waals surface area contributed by atoms with Crippen molar-refractivity contribution in [1.29, 1.82) is 0 Å². The fraction of sp³-hybridized carbons (Fsp3) is 0.273. The summed E-state index contributed by atoms with van der Waals surface area (Å²) in [7, 11) is 0. The molecule has 0 aliphatic heterocycles. The molecule has 0 saturated carbocycles. The molecule has 1 aliphatic carbocycles. The quantitative estimate of drug-likeness (QED) is 0.221. The number of fused-ring (bicyclic) bond motifs is 1. The van der Waals surface area contributed by atoms with Gasteiger partial charge in [-0.05, 0) is 73.2 Å². The Kier molecular flexibility index (Phi) is 8.87. The highest BCUT2D eigenvalue weighted by molar-refractivity contribution is 5.81. The molecule has 0 amide bonds. The van der Waals surface area contributed by atoms with Gasteiger partial charge >= 0.3 is 11.9 Å². The van der Waals surface area contributed by atoms with E-state index in [-0.39, 0.29) is 30.8 Å². The van der Waals surface area contributed by atoms with E-state index in [9.17, 15) is 9.59 Å². The first-order valence-corrected chi connectivity index (χ1v) is 13.0. The number of esters is 2. The minimum Gasteiger partial charge on any atom is -0.490 e. The van der Waals surface area contributed by atoms with Gasteiger partial charge < -0.3 is 18.9 Å². The van der Waals surface area contributed by atoms with Crippen molar-refractivity contribution < 1.29 is 28.5 Å². The molecule has 0 saturated heterocycles. The minimum atomic E-state index is -0.466. The Morgan fingerprint density at radius 2 is 1.10 bits per heavy atom. The van der Waals surface area contributed by atoms with Crippen LogP contribution < -0.4 is 9.47 Å². The van der Waals surface area contributed by atoms with E-state index in [1.165, 1.54) is 22.3 Å². The Bertz CT molecular complexity index is 1210. The van der Waals surface area contributed by atoms with Gasteiger partial charge in [-0.3, -0.25) is 0 Å². The number of benzene rings is 3. The molecule has 1 aliphatic rings. The lowest BCUT2D eigenvalue weighted by atomic mass is 9.72. The van der Waals surface area contributed by atoms with Crippen molar-refractivity contribution in [3.05, 3.63) is 120 Å². The third kappa shape index (κ3) is 6.77. The van der Waals surface area contributed by atoms with Crippen molar-refractivity contribution in [2.75, 3.05) is 13.2 Å².